The number of aromatic nitrogens is 1. The van der Waals surface area contributed by atoms with E-state index >= 15 is 0 Å². The zero-order valence-electron chi connectivity index (χ0n) is 16.6. The number of amides is 2. The molecule has 156 valence electrons. The van der Waals surface area contributed by atoms with Crippen molar-refractivity contribution in [1.29, 1.82) is 0 Å². The molecule has 0 bridgehead atoms. The first-order valence-corrected chi connectivity index (χ1v) is 10.1. The van der Waals surface area contributed by atoms with Crippen LogP contribution in [-0.2, 0) is 16.0 Å². The van der Waals surface area contributed by atoms with Crippen molar-refractivity contribution in [2.75, 3.05) is 26.2 Å². The van der Waals surface area contributed by atoms with Crippen molar-refractivity contribution >= 4 is 35.0 Å². The highest BCUT2D eigenvalue weighted by molar-refractivity contribution is 6.35. The van der Waals surface area contributed by atoms with E-state index in [1.165, 1.54) is 0 Å². The maximum Gasteiger partial charge on any atom is 0.263 e. The number of halogens is 2. The molecule has 1 aromatic heterocycles. The molecule has 2 heterocycles. The molecule has 3 rings (SSSR count). The van der Waals surface area contributed by atoms with E-state index in [4.69, 9.17) is 32.5 Å². The molecule has 29 heavy (non-hydrogen) atoms. The fraction of sp³-hybridized carbons (Fsp3) is 0.450. The molecule has 0 aliphatic carbocycles. The zero-order chi connectivity index (χ0) is 21.1. The van der Waals surface area contributed by atoms with Gasteiger partial charge < -0.3 is 19.1 Å². The Morgan fingerprint density at radius 1 is 1.17 bits per heavy atom. The van der Waals surface area contributed by atoms with Crippen LogP contribution in [0.3, 0.4) is 0 Å². The second-order valence-electron chi connectivity index (χ2n) is 7.02. The first-order chi connectivity index (χ1) is 13.8. The molecular formula is C20H23Cl2N3O4. The lowest BCUT2D eigenvalue weighted by Crippen LogP contribution is -2.53. The summed E-state index contributed by atoms with van der Waals surface area (Å²) in [7, 11) is 0. The van der Waals surface area contributed by atoms with Gasteiger partial charge in [0.05, 0.1) is 17.1 Å². The summed E-state index contributed by atoms with van der Waals surface area (Å²) in [6, 6.07) is 4.86. The average molecular weight is 440 g/mol. The molecule has 1 aromatic carbocycles. The van der Waals surface area contributed by atoms with Crippen molar-refractivity contribution in [3.8, 4) is 5.75 Å². The molecule has 2 amide bonds. The number of hydrogen-bond acceptors (Lipinski definition) is 5. The Kier molecular flexibility index (Phi) is 6.70. The largest absolute Gasteiger partial charge is 0.479 e. The highest BCUT2D eigenvalue weighted by Gasteiger charge is 2.29. The van der Waals surface area contributed by atoms with Crippen LogP contribution < -0.4 is 4.74 Å². The lowest BCUT2D eigenvalue weighted by Gasteiger charge is -2.36. The van der Waals surface area contributed by atoms with Crippen LogP contribution in [0.4, 0.5) is 0 Å². The van der Waals surface area contributed by atoms with E-state index in [2.05, 4.69) is 5.16 Å². The monoisotopic (exact) mass is 439 g/mol. The number of carbonyl (C=O) groups excluding carboxylic acids is 2. The quantitative estimate of drug-likeness (QED) is 0.714. The van der Waals surface area contributed by atoms with E-state index in [-0.39, 0.29) is 18.2 Å². The highest BCUT2D eigenvalue weighted by atomic mass is 35.5. The van der Waals surface area contributed by atoms with Crippen LogP contribution in [0, 0.1) is 13.8 Å². The van der Waals surface area contributed by atoms with Gasteiger partial charge in [-0.1, -0.05) is 28.4 Å². The van der Waals surface area contributed by atoms with Gasteiger partial charge in [-0.05, 0) is 39.0 Å². The van der Waals surface area contributed by atoms with E-state index in [1.54, 1.807) is 41.8 Å². The van der Waals surface area contributed by atoms with E-state index in [0.29, 0.717) is 47.7 Å². The Bertz CT molecular complexity index is 888. The molecule has 1 fully saturated rings. The van der Waals surface area contributed by atoms with Gasteiger partial charge in [0.1, 0.15) is 11.5 Å². The molecule has 0 radical (unpaired) electrons. The van der Waals surface area contributed by atoms with Crippen molar-refractivity contribution in [2.45, 2.75) is 33.3 Å². The normalized spacial score (nSPS) is 15.3. The number of aryl methyl sites for hydroxylation is 2. The zero-order valence-corrected chi connectivity index (χ0v) is 18.1. The van der Waals surface area contributed by atoms with Crippen LogP contribution >= 0.6 is 23.2 Å². The molecule has 9 heteroatoms. The van der Waals surface area contributed by atoms with E-state index < -0.39 is 6.10 Å². The maximum atomic E-state index is 12.7. The van der Waals surface area contributed by atoms with Gasteiger partial charge in [-0.15, -0.1) is 0 Å². The molecule has 1 aliphatic rings. The van der Waals surface area contributed by atoms with Gasteiger partial charge in [0.15, 0.2) is 6.10 Å². The van der Waals surface area contributed by atoms with Crippen molar-refractivity contribution in [2.24, 2.45) is 0 Å². The lowest BCUT2D eigenvalue weighted by atomic mass is 10.1. The maximum absolute atomic E-state index is 12.7. The van der Waals surface area contributed by atoms with Gasteiger partial charge in [-0.3, -0.25) is 9.59 Å². The first-order valence-electron chi connectivity index (χ1n) is 9.36. The van der Waals surface area contributed by atoms with Gasteiger partial charge >= 0.3 is 0 Å². The van der Waals surface area contributed by atoms with Gasteiger partial charge in [0.25, 0.3) is 5.91 Å². The molecule has 1 unspecified atom stereocenters. The van der Waals surface area contributed by atoms with E-state index in [0.717, 1.165) is 11.3 Å². The summed E-state index contributed by atoms with van der Waals surface area (Å²) in [5.74, 6) is 0.930. The Morgan fingerprint density at radius 3 is 2.41 bits per heavy atom. The molecule has 0 saturated carbocycles. The van der Waals surface area contributed by atoms with Crippen LogP contribution in [0.2, 0.25) is 10.0 Å². The molecule has 1 aliphatic heterocycles. The van der Waals surface area contributed by atoms with Crippen molar-refractivity contribution in [3.05, 3.63) is 45.3 Å². The predicted molar refractivity (Wildman–Crippen MR) is 109 cm³/mol. The van der Waals surface area contributed by atoms with Gasteiger partial charge in [0, 0.05) is 36.8 Å². The molecule has 0 N–H and O–H groups in total. The van der Waals surface area contributed by atoms with Crippen molar-refractivity contribution in [1.82, 2.24) is 15.0 Å². The number of piperazine rings is 1. The summed E-state index contributed by atoms with van der Waals surface area (Å²) in [6.07, 6.45) is -0.442. The fourth-order valence-corrected chi connectivity index (χ4v) is 3.72. The third-order valence-electron chi connectivity index (χ3n) is 5.00. The number of ether oxygens (including phenoxy) is 1. The fourth-order valence-electron chi connectivity index (χ4n) is 3.26. The number of hydrogen-bond donors (Lipinski definition) is 0. The van der Waals surface area contributed by atoms with E-state index in [9.17, 15) is 9.59 Å². The van der Waals surface area contributed by atoms with Crippen LogP contribution in [-0.4, -0.2) is 59.1 Å². The van der Waals surface area contributed by atoms with Crippen molar-refractivity contribution < 1.29 is 18.8 Å². The minimum Gasteiger partial charge on any atom is -0.479 e. The summed E-state index contributed by atoms with van der Waals surface area (Å²) in [6.45, 7) is 7.16. The lowest BCUT2D eigenvalue weighted by molar-refractivity contribution is -0.143. The van der Waals surface area contributed by atoms with Gasteiger partial charge in [-0.2, -0.15) is 0 Å². The number of benzene rings is 1. The minimum atomic E-state index is -0.696. The number of rotatable bonds is 5. The molecule has 0 spiro atoms. The third-order valence-corrected chi connectivity index (χ3v) is 5.53. The van der Waals surface area contributed by atoms with Crippen molar-refractivity contribution in [3.63, 3.8) is 0 Å². The molecule has 7 nitrogen and oxygen atoms in total. The Labute approximate surface area is 179 Å². The SMILES string of the molecule is Cc1noc(C)c1CC(=O)N1CCN(C(=O)C(C)Oc2ccc(Cl)cc2Cl)CC1. The Balaban J connectivity index is 1.53. The predicted octanol–water partition coefficient (Wildman–Crippen LogP) is 3.28. The first kappa shape index (κ1) is 21.5. The second kappa shape index (κ2) is 9.05. The van der Waals surface area contributed by atoms with Crippen LogP contribution in [0.5, 0.6) is 5.75 Å². The summed E-state index contributed by atoms with van der Waals surface area (Å²) in [5, 5.41) is 4.74. The Hall–Kier alpha value is -2.25. The number of carbonyl (C=O) groups is 2. The van der Waals surface area contributed by atoms with Crippen LogP contribution in [0.25, 0.3) is 0 Å². The van der Waals surface area contributed by atoms with Gasteiger partial charge in [0.2, 0.25) is 5.91 Å². The second-order valence-corrected chi connectivity index (χ2v) is 7.86. The smallest absolute Gasteiger partial charge is 0.263 e. The summed E-state index contributed by atoms with van der Waals surface area (Å²) >= 11 is 12.0. The molecule has 2 aromatic rings. The summed E-state index contributed by atoms with van der Waals surface area (Å²) in [4.78, 5) is 28.8. The molecule has 1 atom stereocenters. The standard InChI is InChI=1S/C20H23Cl2N3O4/c1-12-16(13(2)29-23-12)11-19(26)24-6-8-25(9-7-24)20(27)14(3)28-18-5-4-15(21)10-17(18)22/h4-5,10,14H,6-9,11H2,1-3H3. The molecular weight excluding hydrogens is 417 g/mol. The minimum absolute atomic E-state index is 0.00347. The van der Waals surface area contributed by atoms with E-state index in [1.807, 2.05) is 6.92 Å². The van der Waals surface area contributed by atoms with Gasteiger partial charge in [-0.25, -0.2) is 0 Å². The molecule has 1 saturated heterocycles. The summed E-state index contributed by atoms with van der Waals surface area (Å²) < 4.78 is 10.8. The Morgan fingerprint density at radius 2 is 1.83 bits per heavy atom. The van der Waals surface area contributed by atoms with Crippen LogP contribution in [0.15, 0.2) is 22.7 Å². The topological polar surface area (TPSA) is 75.9 Å². The average Bonchev–Trinajstić information content (AvgIpc) is 3.01. The number of nitrogens with zero attached hydrogens (tertiary/aromatic N) is 3. The van der Waals surface area contributed by atoms with Crippen LogP contribution in [0.1, 0.15) is 23.9 Å². The highest BCUT2D eigenvalue weighted by Crippen LogP contribution is 2.28. The third kappa shape index (κ3) is 5.03. The summed E-state index contributed by atoms with van der Waals surface area (Å²) in [5.41, 5.74) is 1.56.